The third-order valence-electron chi connectivity index (χ3n) is 4.23. The molecule has 1 atom stereocenters. The van der Waals surface area contributed by atoms with Gasteiger partial charge in [-0.3, -0.25) is 4.68 Å². The third-order valence-corrected chi connectivity index (χ3v) is 4.52. The van der Waals surface area contributed by atoms with Gasteiger partial charge < -0.3 is 15.4 Å². The quantitative estimate of drug-likeness (QED) is 0.837. The molecular weight excluding hydrogens is 276 g/mol. The van der Waals surface area contributed by atoms with Crippen molar-refractivity contribution in [3.63, 3.8) is 0 Å². The molecule has 114 valence electrons. The second-order valence-corrected chi connectivity index (χ2v) is 6.36. The fraction of sp³-hybridized carbons (Fsp3) is 0.786. The molecule has 0 aromatic carbocycles. The van der Waals surface area contributed by atoms with E-state index >= 15 is 0 Å². The molecule has 1 aliphatic rings. The maximum Gasteiger partial charge on any atom is 0.0834 e. The van der Waals surface area contributed by atoms with E-state index in [1.165, 1.54) is 6.42 Å². The highest BCUT2D eigenvalue weighted by Gasteiger charge is 2.39. The molecule has 2 rings (SSSR count). The maximum absolute atomic E-state index is 6.38. The minimum Gasteiger partial charge on any atom is -0.378 e. The fourth-order valence-electron chi connectivity index (χ4n) is 2.77. The van der Waals surface area contributed by atoms with Crippen molar-refractivity contribution in [1.82, 2.24) is 14.7 Å². The highest BCUT2D eigenvalue weighted by atomic mass is 35.5. The summed E-state index contributed by atoms with van der Waals surface area (Å²) in [5, 5.41) is 5.00. The number of rotatable bonds is 7. The van der Waals surface area contributed by atoms with Crippen LogP contribution in [0.3, 0.4) is 0 Å². The van der Waals surface area contributed by atoms with Crippen molar-refractivity contribution in [3.8, 4) is 0 Å². The molecule has 1 saturated carbocycles. The third kappa shape index (κ3) is 3.34. The van der Waals surface area contributed by atoms with E-state index in [2.05, 4.69) is 10.00 Å². The van der Waals surface area contributed by atoms with Gasteiger partial charge in [0.05, 0.1) is 35.1 Å². The van der Waals surface area contributed by atoms with E-state index in [4.69, 9.17) is 22.1 Å². The van der Waals surface area contributed by atoms with Crippen LogP contribution in [0.15, 0.2) is 6.20 Å². The number of likely N-dealkylation sites (N-methyl/N-ethyl adjacent to an activating group) is 1. The van der Waals surface area contributed by atoms with Gasteiger partial charge in [0, 0.05) is 13.7 Å². The number of hydrogen-bond donors (Lipinski definition) is 1. The van der Waals surface area contributed by atoms with Gasteiger partial charge in [-0.05, 0) is 39.8 Å². The molecule has 0 spiro atoms. The van der Waals surface area contributed by atoms with Gasteiger partial charge in [-0.25, -0.2) is 0 Å². The van der Waals surface area contributed by atoms with E-state index in [0.717, 1.165) is 38.0 Å². The van der Waals surface area contributed by atoms with E-state index in [1.807, 2.05) is 18.8 Å². The molecule has 20 heavy (non-hydrogen) atoms. The van der Waals surface area contributed by atoms with E-state index in [0.29, 0.717) is 5.02 Å². The van der Waals surface area contributed by atoms with E-state index in [-0.39, 0.29) is 11.6 Å². The second-order valence-electron chi connectivity index (χ2n) is 5.96. The normalized spacial score (nSPS) is 19.1. The number of ether oxygens (including phenoxy) is 1. The molecule has 2 N–H and O–H groups in total. The fourth-order valence-corrected chi connectivity index (χ4v) is 3.05. The Bertz CT molecular complexity index is 437. The molecule has 1 fully saturated rings. The van der Waals surface area contributed by atoms with Crippen molar-refractivity contribution >= 4 is 11.6 Å². The van der Waals surface area contributed by atoms with Crippen LogP contribution in [-0.2, 0) is 11.3 Å². The molecule has 1 unspecified atom stereocenters. The van der Waals surface area contributed by atoms with E-state index in [1.54, 1.807) is 13.3 Å². The van der Waals surface area contributed by atoms with Crippen molar-refractivity contribution in [2.24, 2.45) is 5.73 Å². The largest absolute Gasteiger partial charge is 0.378 e. The van der Waals surface area contributed by atoms with Crippen LogP contribution in [0.5, 0.6) is 0 Å². The van der Waals surface area contributed by atoms with Gasteiger partial charge in [0.25, 0.3) is 0 Å². The average molecular weight is 301 g/mol. The smallest absolute Gasteiger partial charge is 0.0834 e. The molecule has 0 radical (unpaired) electrons. The molecule has 1 aliphatic carbocycles. The molecule has 6 heteroatoms. The summed E-state index contributed by atoms with van der Waals surface area (Å²) in [6, 6.07) is -0.132. The maximum atomic E-state index is 6.38. The Labute approximate surface area is 126 Å². The Balaban J connectivity index is 2.08. The van der Waals surface area contributed by atoms with Crippen LogP contribution in [0.4, 0.5) is 0 Å². The minimum absolute atomic E-state index is 0.0562. The number of aromatic nitrogens is 2. The highest BCUT2D eigenvalue weighted by molar-refractivity contribution is 6.31. The lowest BCUT2D eigenvalue weighted by Gasteiger charge is -2.42. The van der Waals surface area contributed by atoms with Gasteiger partial charge in [0.15, 0.2) is 0 Å². The zero-order chi connectivity index (χ0) is 14.8. The molecule has 5 nitrogen and oxygen atoms in total. The van der Waals surface area contributed by atoms with Crippen molar-refractivity contribution in [1.29, 1.82) is 0 Å². The molecule has 0 saturated heterocycles. The summed E-state index contributed by atoms with van der Waals surface area (Å²) in [5.41, 5.74) is 7.25. The summed E-state index contributed by atoms with van der Waals surface area (Å²) in [6.45, 7) is 1.70. The van der Waals surface area contributed by atoms with Gasteiger partial charge in [0.1, 0.15) is 0 Å². The van der Waals surface area contributed by atoms with Crippen LogP contribution < -0.4 is 5.73 Å². The Morgan fingerprint density at radius 1 is 1.55 bits per heavy atom. The number of methoxy groups -OCH3 is 1. The monoisotopic (exact) mass is 300 g/mol. The number of halogens is 1. The number of nitrogens with two attached hydrogens (primary N) is 1. The lowest BCUT2D eigenvalue weighted by atomic mass is 9.75. The van der Waals surface area contributed by atoms with Gasteiger partial charge in [-0.1, -0.05) is 11.6 Å². The Kier molecular flexibility index (Phi) is 5.07. The minimum atomic E-state index is -0.132. The van der Waals surface area contributed by atoms with Crippen molar-refractivity contribution in [2.75, 3.05) is 27.7 Å². The van der Waals surface area contributed by atoms with Gasteiger partial charge in [0.2, 0.25) is 0 Å². The van der Waals surface area contributed by atoms with Crippen molar-refractivity contribution in [3.05, 3.63) is 16.9 Å². The molecule has 0 aliphatic heterocycles. The summed E-state index contributed by atoms with van der Waals surface area (Å²) in [4.78, 5) is 2.12. The molecule has 1 aromatic rings. The lowest BCUT2D eigenvalue weighted by molar-refractivity contribution is -0.0820. The predicted molar refractivity (Wildman–Crippen MR) is 80.9 cm³/mol. The predicted octanol–water partition coefficient (Wildman–Crippen LogP) is 2.06. The summed E-state index contributed by atoms with van der Waals surface area (Å²) in [5.74, 6) is 0. The molecule has 1 aromatic heterocycles. The van der Waals surface area contributed by atoms with Crippen LogP contribution in [0.2, 0.25) is 5.02 Å². The van der Waals surface area contributed by atoms with Crippen LogP contribution >= 0.6 is 11.6 Å². The van der Waals surface area contributed by atoms with Gasteiger partial charge >= 0.3 is 0 Å². The zero-order valence-electron chi connectivity index (χ0n) is 12.6. The molecular formula is C14H25ClN4O. The first-order valence-electron chi connectivity index (χ1n) is 7.14. The first-order chi connectivity index (χ1) is 9.47. The first-order valence-corrected chi connectivity index (χ1v) is 7.52. The Hall–Kier alpha value is -0.620. The van der Waals surface area contributed by atoms with Gasteiger partial charge in [-0.15, -0.1) is 0 Å². The number of nitrogens with zero attached hydrogens (tertiary/aromatic N) is 3. The standard InChI is InChI=1S/C14H25ClN4O/c1-18(2)7-8-19-13(11(15)10-17-19)12(16)9-14(20-3)5-4-6-14/h10,12H,4-9,16H2,1-3H3. The van der Waals surface area contributed by atoms with Crippen LogP contribution in [0, 0.1) is 0 Å². The highest BCUT2D eigenvalue weighted by Crippen LogP contribution is 2.42. The second kappa shape index (κ2) is 6.43. The van der Waals surface area contributed by atoms with Crippen LogP contribution in [0.1, 0.15) is 37.4 Å². The topological polar surface area (TPSA) is 56.3 Å². The van der Waals surface area contributed by atoms with Crippen LogP contribution in [-0.4, -0.2) is 48.0 Å². The van der Waals surface area contributed by atoms with Crippen LogP contribution in [0.25, 0.3) is 0 Å². The number of hydrogen-bond acceptors (Lipinski definition) is 4. The SMILES string of the molecule is COC1(CC(N)c2c(Cl)cnn2CCN(C)C)CCC1. The molecule has 1 heterocycles. The molecule has 0 amide bonds. The van der Waals surface area contributed by atoms with E-state index in [9.17, 15) is 0 Å². The molecule has 0 bridgehead atoms. The Morgan fingerprint density at radius 3 is 2.75 bits per heavy atom. The first kappa shape index (κ1) is 15.8. The Morgan fingerprint density at radius 2 is 2.25 bits per heavy atom. The summed E-state index contributed by atoms with van der Waals surface area (Å²) in [7, 11) is 5.86. The van der Waals surface area contributed by atoms with E-state index < -0.39 is 0 Å². The summed E-state index contributed by atoms with van der Waals surface area (Å²) in [6.07, 6.45) is 5.87. The van der Waals surface area contributed by atoms with Crippen molar-refractivity contribution < 1.29 is 4.74 Å². The van der Waals surface area contributed by atoms with Gasteiger partial charge in [-0.2, -0.15) is 5.10 Å². The lowest BCUT2D eigenvalue weighted by Crippen LogP contribution is -2.42. The van der Waals surface area contributed by atoms with Crippen molar-refractivity contribution in [2.45, 2.75) is 43.9 Å². The summed E-state index contributed by atoms with van der Waals surface area (Å²) >= 11 is 6.27. The summed E-state index contributed by atoms with van der Waals surface area (Å²) < 4.78 is 7.59. The average Bonchev–Trinajstić information content (AvgIpc) is 2.72. The zero-order valence-corrected chi connectivity index (χ0v) is 13.4.